The predicted octanol–water partition coefficient (Wildman–Crippen LogP) is 3.02. The van der Waals surface area contributed by atoms with Crippen LogP contribution in [0.5, 0.6) is 11.5 Å². The van der Waals surface area contributed by atoms with E-state index >= 15 is 0 Å². The van der Waals surface area contributed by atoms with Crippen LogP contribution >= 0.6 is 0 Å². The van der Waals surface area contributed by atoms with Crippen LogP contribution in [0.3, 0.4) is 0 Å². The summed E-state index contributed by atoms with van der Waals surface area (Å²) >= 11 is 0. The molecule has 0 spiro atoms. The fourth-order valence-electron chi connectivity index (χ4n) is 1.64. The van der Waals surface area contributed by atoms with Crippen LogP contribution in [0.2, 0.25) is 0 Å². The SMILES string of the molecule is CCOc1cc(CNc2nnco2)ccc1OCC(F)(F)F. The summed E-state index contributed by atoms with van der Waals surface area (Å²) in [6.45, 7) is 1.02. The molecule has 0 atom stereocenters. The third-order valence-corrected chi connectivity index (χ3v) is 2.50. The number of aromatic nitrogens is 2. The molecular weight excluding hydrogens is 303 g/mol. The lowest BCUT2D eigenvalue weighted by Crippen LogP contribution is -2.19. The zero-order chi connectivity index (χ0) is 16.0. The molecule has 0 fully saturated rings. The van der Waals surface area contributed by atoms with Crippen molar-refractivity contribution in [1.82, 2.24) is 10.2 Å². The molecule has 0 aliphatic rings. The van der Waals surface area contributed by atoms with Crippen LogP contribution in [0.1, 0.15) is 12.5 Å². The normalized spacial score (nSPS) is 11.3. The van der Waals surface area contributed by atoms with Gasteiger partial charge < -0.3 is 19.2 Å². The van der Waals surface area contributed by atoms with Crippen LogP contribution < -0.4 is 14.8 Å². The summed E-state index contributed by atoms with van der Waals surface area (Å²) in [5.74, 6) is 0.289. The average molecular weight is 317 g/mol. The first-order chi connectivity index (χ1) is 10.5. The first-order valence-corrected chi connectivity index (χ1v) is 6.43. The maximum Gasteiger partial charge on any atom is 0.422 e. The first kappa shape index (κ1) is 15.9. The Morgan fingerprint density at radius 2 is 2.05 bits per heavy atom. The Bertz CT molecular complexity index is 588. The molecule has 0 bridgehead atoms. The molecule has 0 saturated heterocycles. The second-order valence-electron chi connectivity index (χ2n) is 4.22. The standard InChI is InChI=1S/C13H14F3N3O3/c1-2-20-11-5-9(6-17-12-19-18-8-22-12)3-4-10(11)21-7-13(14,15)16/h3-5,8H,2,6-7H2,1H3,(H,17,19). The Balaban J connectivity index is 2.05. The summed E-state index contributed by atoms with van der Waals surface area (Å²) in [6, 6.07) is 4.90. The molecule has 9 heteroatoms. The molecule has 2 aromatic rings. The number of nitrogens with zero attached hydrogens (tertiary/aromatic N) is 2. The van der Waals surface area contributed by atoms with Crippen LogP contribution in [0, 0.1) is 0 Å². The van der Waals surface area contributed by atoms with Gasteiger partial charge in [0.15, 0.2) is 18.1 Å². The quantitative estimate of drug-likeness (QED) is 0.846. The van der Waals surface area contributed by atoms with Crippen molar-refractivity contribution in [3.05, 3.63) is 30.2 Å². The van der Waals surface area contributed by atoms with E-state index < -0.39 is 12.8 Å². The van der Waals surface area contributed by atoms with Gasteiger partial charge >= 0.3 is 12.2 Å². The molecule has 1 aromatic heterocycles. The van der Waals surface area contributed by atoms with E-state index in [9.17, 15) is 13.2 Å². The maximum atomic E-state index is 12.2. The minimum Gasteiger partial charge on any atom is -0.490 e. The third kappa shape index (κ3) is 4.83. The van der Waals surface area contributed by atoms with Crippen LogP contribution in [-0.2, 0) is 6.54 Å². The summed E-state index contributed by atoms with van der Waals surface area (Å²) in [5, 5.41) is 10.0. The third-order valence-electron chi connectivity index (χ3n) is 2.50. The lowest BCUT2D eigenvalue weighted by atomic mass is 10.2. The van der Waals surface area contributed by atoms with Crippen LogP contribution in [0.15, 0.2) is 29.0 Å². The van der Waals surface area contributed by atoms with Crippen LogP contribution in [-0.4, -0.2) is 29.6 Å². The van der Waals surface area contributed by atoms with Gasteiger partial charge in [-0.25, -0.2) is 0 Å². The number of halogens is 3. The van der Waals surface area contributed by atoms with E-state index in [0.29, 0.717) is 13.2 Å². The van der Waals surface area contributed by atoms with Crippen molar-refractivity contribution < 1.29 is 27.1 Å². The lowest BCUT2D eigenvalue weighted by molar-refractivity contribution is -0.153. The van der Waals surface area contributed by atoms with Gasteiger partial charge in [0.25, 0.3) is 0 Å². The topological polar surface area (TPSA) is 69.4 Å². The molecule has 1 N–H and O–H groups in total. The lowest BCUT2D eigenvalue weighted by Gasteiger charge is -2.14. The van der Waals surface area contributed by atoms with Gasteiger partial charge in [-0.2, -0.15) is 13.2 Å². The first-order valence-electron chi connectivity index (χ1n) is 6.43. The summed E-state index contributed by atoms with van der Waals surface area (Å²) in [6.07, 6.45) is -3.22. The smallest absolute Gasteiger partial charge is 0.422 e. The molecule has 0 amide bonds. The van der Waals surface area contributed by atoms with Gasteiger partial charge in [-0.3, -0.25) is 0 Å². The van der Waals surface area contributed by atoms with Gasteiger partial charge in [-0.05, 0) is 24.6 Å². The van der Waals surface area contributed by atoms with Crippen molar-refractivity contribution in [3.63, 3.8) is 0 Å². The average Bonchev–Trinajstić information content (AvgIpc) is 2.97. The Morgan fingerprint density at radius 3 is 2.68 bits per heavy atom. The summed E-state index contributed by atoms with van der Waals surface area (Å²) in [7, 11) is 0. The number of rotatable bonds is 7. The van der Waals surface area contributed by atoms with E-state index in [-0.39, 0.29) is 17.5 Å². The highest BCUT2D eigenvalue weighted by molar-refractivity contribution is 5.43. The molecule has 0 aliphatic carbocycles. The van der Waals surface area contributed by atoms with Crippen molar-refractivity contribution in [2.75, 3.05) is 18.5 Å². The molecule has 2 rings (SSSR count). The minimum atomic E-state index is -4.40. The van der Waals surface area contributed by atoms with Gasteiger partial charge in [0.1, 0.15) is 0 Å². The summed E-state index contributed by atoms with van der Waals surface area (Å²) in [4.78, 5) is 0. The van der Waals surface area contributed by atoms with Crippen LogP contribution in [0.4, 0.5) is 19.2 Å². The van der Waals surface area contributed by atoms with Crippen LogP contribution in [0.25, 0.3) is 0 Å². The van der Waals surface area contributed by atoms with Gasteiger partial charge in [0.05, 0.1) is 6.61 Å². The van der Waals surface area contributed by atoms with Gasteiger partial charge in [-0.15, -0.1) is 5.10 Å². The molecule has 22 heavy (non-hydrogen) atoms. The van der Waals surface area contributed by atoms with E-state index in [1.807, 2.05) is 0 Å². The summed E-state index contributed by atoms with van der Waals surface area (Å²) in [5.41, 5.74) is 0.765. The second-order valence-corrected chi connectivity index (χ2v) is 4.22. The molecule has 120 valence electrons. The zero-order valence-corrected chi connectivity index (χ0v) is 11.7. The zero-order valence-electron chi connectivity index (χ0n) is 11.7. The number of ether oxygens (including phenoxy) is 2. The molecule has 1 aromatic carbocycles. The Hall–Kier alpha value is -2.45. The number of hydrogen-bond acceptors (Lipinski definition) is 6. The summed E-state index contributed by atoms with van der Waals surface area (Å²) < 4.78 is 51.6. The Kier molecular flexibility index (Phi) is 5.08. The van der Waals surface area contributed by atoms with Crippen molar-refractivity contribution in [2.24, 2.45) is 0 Å². The largest absolute Gasteiger partial charge is 0.490 e. The van der Waals surface area contributed by atoms with E-state index in [0.717, 1.165) is 5.56 Å². The predicted molar refractivity (Wildman–Crippen MR) is 70.8 cm³/mol. The molecule has 0 radical (unpaired) electrons. The highest BCUT2D eigenvalue weighted by Crippen LogP contribution is 2.30. The molecular formula is C13H14F3N3O3. The number of alkyl halides is 3. The van der Waals surface area contributed by atoms with Gasteiger partial charge in [0, 0.05) is 6.54 Å². The van der Waals surface area contributed by atoms with E-state index in [4.69, 9.17) is 13.9 Å². The van der Waals surface area contributed by atoms with E-state index in [1.165, 1.54) is 12.5 Å². The molecule has 1 heterocycles. The second kappa shape index (κ2) is 7.01. The monoisotopic (exact) mass is 317 g/mol. The minimum absolute atomic E-state index is 0.0423. The molecule has 0 unspecified atom stereocenters. The van der Waals surface area contributed by atoms with Crippen molar-refractivity contribution in [1.29, 1.82) is 0 Å². The fraction of sp³-hybridized carbons (Fsp3) is 0.385. The number of nitrogens with one attached hydrogen (secondary N) is 1. The highest BCUT2D eigenvalue weighted by atomic mass is 19.4. The number of hydrogen-bond donors (Lipinski definition) is 1. The van der Waals surface area contributed by atoms with E-state index in [2.05, 4.69) is 15.5 Å². The maximum absolute atomic E-state index is 12.2. The van der Waals surface area contributed by atoms with Crippen molar-refractivity contribution in [3.8, 4) is 11.5 Å². The van der Waals surface area contributed by atoms with Crippen molar-refractivity contribution in [2.45, 2.75) is 19.6 Å². The van der Waals surface area contributed by atoms with E-state index in [1.54, 1.807) is 19.1 Å². The van der Waals surface area contributed by atoms with Gasteiger partial charge in [0.2, 0.25) is 6.39 Å². The molecule has 6 nitrogen and oxygen atoms in total. The molecule has 0 aliphatic heterocycles. The van der Waals surface area contributed by atoms with Gasteiger partial charge in [-0.1, -0.05) is 11.2 Å². The fourth-order valence-corrected chi connectivity index (χ4v) is 1.64. The Morgan fingerprint density at radius 1 is 1.23 bits per heavy atom. The highest BCUT2D eigenvalue weighted by Gasteiger charge is 2.29. The number of benzene rings is 1. The van der Waals surface area contributed by atoms with Crippen molar-refractivity contribution >= 4 is 6.01 Å². The number of anilines is 1. The molecule has 0 saturated carbocycles. The Labute approximate surface area is 124 Å².